The van der Waals surface area contributed by atoms with Crippen molar-refractivity contribution < 1.29 is 0 Å². The molecule has 0 bridgehead atoms. The highest BCUT2D eigenvalue weighted by atomic mass is 35.5. The molecule has 23 heavy (non-hydrogen) atoms. The Balaban J connectivity index is 0.00000192. The summed E-state index contributed by atoms with van der Waals surface area (Å²) < 4.78 is 1.69. The number of rotatable bonds is 5. The van der Waals surface area contributed by atoms with E-state index in [1.165, 1.54) is 19.3 Å². The minimum atomic E-state index is 0. The summed E-state index contributed by atoms with van der Waals surface area (Å²) in [6, 6.07) is 1.69. The lowest BCUT2D eigenvalue weighted by Gasteiger charge is -2.31. The zero-order valence-electron chi connectivity index (χ0n) is 13.7. The van der Waals surface area contributed by atoms with Crippen LogP contribution < -0.4 is 10.9 Å². The van der Waals surface area contributed by atoms with E-state index in [4.69, 9.17) is 0 Å². The predicted molar refractivity (Wildman–Crippen MR) is 97.9 cm³/mol. The van der Waals surface area contributed by atoms with Crippen LogP contribution in [0.5, 0.6) is 0 Å². The van der Waals surface area contributed by atoms with E-state index >= 15 is 0 Å². The van der Waals surface area contributed by atoms with Gasteiger partial charge in [-0.05, 0) is 58.8 Å². The number of nitrogens with zero attached hydrogens (tertiary/aromatic N) is 3. The third kappa shape index (κ3) is 4.32. The summed E-state index contributed by atoms with van der Waals surface area (Å²) in [7, 11) is 2.02. The number of fused-ring (bicyclic) bond motifs is 1. The first-order valence-electron chi connectivity index (χ1n) is 8.01. The van der Waals surface area contributed by atoms with Gasteiger partial charge in [0.15, 0.2) is 4.96 Å². The molecule has 0 unspecified atom stereocenters. The second-order valence-corrected chi connectivity index (χ2v) is 7.03. The molecule has 0 spiro atoms. The molecular weight excluding hydrogens is 332 g/mol. The van der Waals surface area contributed by atoms with Gasteiger partial charge in [0.2, 0.25) is 0 Å². The van der Waals surface area contributed by atoms with Gasteiger partial charge in [-0.3, -0.25) is 14.1 Å². The molecule has 0 aliphatic carbocycles. The maximum atomic E-state index is 12.2. The molecule has 1 fully saturated rings. The Hall–Kier alpha value is -0.950. The fourth-order valence-corrected chi connectivity index (χ4v) is 4.08. The molecule has 0 saturated carbocycles. The van der Waals surface area contributed by atoms with Gasteiger partial charge in [0, 0.05) is 23.7 Å². The van der Waals surface area contributed by atoms with E-state index in [0.717, 1.165) is 48.4 Å². The topological polar surface area (TPSA) is 49.6 Å². The summed E-state index contributed by atoms with van der Waals surface area (Å²) in [5.41, 5.74) is 1.91. The van der Waals surface area contributed by atoms with Crippen LogP contribution in [-0.2, 0) is 6.54 Å². The average molecular weight is 357 g/mol. The molecule has 1 N–H and O–H groups in total. The van der Waals surface area contributed by atoms with Crippen molar-refractivity contribution in [2.45, 2.75) is 32.7 Å². The molecule has 3 heterocycles. The molecule has 1 saturated heterocycles. The van der Waals surface area contributed by atoms with Crippen LogP contribution in [0.4, 0.5) is 0 Å². The molecular formula is C16H25ClN4OS. The highest BCUT2D eigenvalue weighted by Crippen LogP contribution is 2.21. The molecule has 128 valence electrons. The number of aryl methyl sites for hydroxylation is 1. The van der Waals surface area contributed by atoms with Crippen LogP contribution in [0.15, 0.2) is 16.2 Å². The Bertz CT molecular complexity index is 691. The number of halogens is 1. The molecule has 5 nitrogen and oxygen atoms in total. The van der Waals surface area contributed by atoms with Crippen LogP contribution in [0.1, 0.15) is 30.7 Å². The van der Waals surface area contributed by atoms with Gasteiger partial charge in [-0.1, -0.05) is 0 Å². The highest BCUT2D eigenvalue weighted by molar-refractivity contribution is 7.15. The molecule has 3 rings (SSSR count). The Morgan fingerprint density at radius 3 is 2.83 bits per heavy atom. The van der Waals surface area contributed by atoms with Gasteiger partial charge in [-0.25, -0.2) is 4.98 Å². The summed E-state index contributed by atoms with van der Waals surface area (Å²) in [5.74, 6) is 0.838. The minimum absolute atomic E-state index is 0. The lowest BCUT2D eigenvalue weighted by molar-refractivity contribution is 0.171. The first kappa shape index (κ1) is 18.4. The number of nitrogens with one attached hydrogen (secondary N) is 1. The summed E-state index contributed by atoms with van der Waals surface area (Å²) in [6.07, 6.45) is 3.77. The van der Waals surface area contributed by atoms with E-state index in [1.807, 2.05) is 19.4 Å². The number of thiazole rings is 1. The largest absolute Gasteiger partial charge is 0.320 e. The highest BCUT2D eigenvalue weighted by Gasteiger charge is 2.19. The minimum Gasteiger partial charge on any atom is -0.320 e. The number of hydrogen-bond donors (Lipinski definition) is 1. The maximum absolute atomic E-state index is 12.2. The van der Waals surface area contributed by atoms with Crippen LogP contribution in [0.3, 0.4) is 0 Å². The Morgan fingerprint density at radius 2 is 2.13 bits per heavy atom. The van der Waals surface area contributed by atoms with E-state index in [1.54, 1.807) is 21.8 Å². The average Bonchev–Trinajstić information content (AvgIpc) is 2.88. The molecule has 0 radical (unpaired) electrons. The fraction of sp³-hybridized carbons (Fsp3) is 0.625. The number of piperidine rings is 1. The first-order valence-corrected chi connectivity index (χ1v) is 8.89. The second kappa shape index (κ2) is 8.24. The first-order chi connectivity index (χ1) is 10.7. The van der Waals surface area contributed by atoms with E-state index in [9.17, 15) is 4.79 Å². The van der Waals surface area contributed by atoms with Crippen LogP contribution in [0.25, 0.3) is 4.96 Å². The van der Waals surface area contributed by atoms with Crippen LogP contribution >= 0.6 is 23.7 Å². The molecule has 0 amide bonds. The quantitative estimate of drug-likeness (QED) is 0.893. The SMILES string of the molecule is CNCCC1CCN(Cc2cc(=O)n3c(C)csc3n2)CC1.Cl. The number of aromatic nitrogens is 2. The normalized spacial score (nSPS) is 16.6. The maximum Gasteiger partial charge on any atom is 0.259 e. The van der Waals surface area contributed by atoms with Gasteiger partial charge in [0.1, 0.15) is 0 Å². The van der Waals surface area contributed by atoms with Crippen LogP contribution in [-0.4, -0.2) is 41.0 Å². The molecule has 7 heteroatoms. The zero-order valence-corrected chi connectivity index (χ0v) is 15.4. The van der Waals surface area contributed by atoms with Gasteiger partial charge in [-0.15, -0.1) is 23.7 Å². The Morgan fingerprint density at radius 1 is 1.39 bits per heavy atom. The summed E-state index contributed by atoms with van der Waals surface area (Å²) >= 11 is 1.54. The van der Waals surface area contributed by atoms with Crippen molar-refractivity contribution in [3.05, 3.63) is 33.2 Å². The Kier molecular flexibility index (Phi) is 6.59. The van der Waals surface area contributed by atoms with Crippen LogP contribution in [0.2, 0.25) is 0 Å². The van der Waals surface area contributed by atoms with Gasteiger partial charge >= 0.3 is 0 Å². The van der Waals surface area contributed by atoms with E-state index in [-0.39, 0.29) is 18.0 Å². The third-order valence-corrected chi connectivity index (χ3v) is 5.47. The smallest absolute Gasteiger partial charge is 0.259 e. The van der Waals surface area contributed by atoms with Gasteiger partial charge in [0.25, 0.3) is 5.56 Å². The van der Waals surface area contributed by atoms with Crippen molar-refractivity contribution in [1.82, 2.24) is 19.6 Å². The molecule has 0 aromatic carbocycles. The summed E-state index contributed by atoms with van der Waals surface area (Å²) in [6.45, 7) is 6.07. The van der Waals surface area contributed by atoms with Gasteiger partial charge in [0.05, 0.1) is 5.69 Å². The molecule has 0 atom stereocenters. The van der Waals surface area contributed by atoms with E-state index in [0.29, 0.717) is 0 Å². The van der Waals surface area contributed by atoms with Crippen molar-refractivity contribution >= 4 is 28.7 Å². The standard InChI is InChI=1S/C16H24N4OS.ClH/c1-12-11-22-16-18-14(9-15(21)20(12)16)10-19-7-4-13(5-8-19)3-6-17-2;/h9,11,13,17H,3-8,10H2,1-2H3;1H. The number of likely N-dealkylation sites (tertiary alicyclic amines) is 1. The van der Waals surface area contributed by atoms with Crippen molar-refractivity contribution in [2.24, 2.45) is 5.92 Å². The lowest BCUT2D eigenvalue weighted by Crippen LogP contribution is -2.34. The molecule has 1 aliphatic heterocycles. The van der Waals surface area contributed by atoms with Gasteiger partial charge < -0.3 is 5.32 Å². The van der Waals surface area contributed by atoms with Gasteiger partial charge in [-0.2, -0.15) is 0 Å². The Labute approximate surface area is 147 Å². The van der Waals surface area contributed by atoms with E-state index in [2.05, 4.69) is 15.2 Å². The summed E-state index contributed by atoms with van der Waals surface area (Å²) in [4.78, 5) is 20.1. The van der Waals surface area contributed by atoms with E-state index < -0.39 is 0 Å². The van der Waals surface area contributed by atoms with Crippen molar-refractivity contribution in [1.29, 1.82) is 0 Å². The van der Waals surface area contributed by atoms with Crippen molar-refractivity contribution in [3.63, 3.8) is 0 Å². The summed E-state index contributed by atoms with van der Waals surface area (Å²) in [5, 5.41) is 5.22. The number of hydrogen-bond acceptors (Lipinski definition) is 5. The van der Waals surface area contributed by atoms with Crippen molar-refractivity contribution in [3.8, 4) is 0 Å². The fourth-order valence-electron chi connectivity index (χ4n) is 3.19. The molecule has 2 aromatic heterocycles. The monoisotopic (exact) mass is 356 g/mol. The van der Waals surface area contributed by atoms with Crippen LogP contribution in [0, 0.1) is 12.8 Å². The molecule has 2 aromatic rings. The lowest BCUT2D eigenvalue weighted by atomic mass is 9.93. The molecule has 1 aliphatic rings. The zero-order chi connectivity index (χ0) is 15.5. The second-order valence-electron chi connectivity index (χ2n) is 6.19. The predicted octanol–water partition coefficient (Wildman–Crippen LogP) is 2.31. The van der Waals surface area contributed by atoms with Crippen molar-refractivity contribution in [2.75, 3.05) is 26.7 Å². The third-order valence-electron chi connectivity index (χ3n) is 4.52.